The Labute approximate surface area is 78.3 Å². The van der Waals surface area contributed by atoms with Crippen molar-refractivity contribution in [3.8, 4) is 0 Å². The van der Waals surface area contributed by atoms with Gasteiger partial charge >= 0.3 is 5.37 Å². The van der Waals surface area contributed by atoms with Crippen molar-refractivity contribution in [2.45, 2.75) is 25.9 Å². The van der Waals surface area contributed by atoms with Gasteiger partial charge in [-0.05, 0) is 32.5 Å². The van der Waals surface area contributed by atoms with Gasteiger partial charge in [-0.1, -0.05) is 0 Å². The van der Waals surface area contributed by atoms with Crippen LogP contribution in [0.15, 0.2) is 0 Å². The number of amides is 1. The summed E-state index contributed by atoms with van der Waals surface area (Å²) in [7, 11) is 2.06. The number of hydrogen-bond donors (Lipinski definition) is 0. The van der Waals surface area contributed by atoms with E-state index in [1.54, 1.807) is 4.90 Å². The lowest BCUT2D eigenvalue weighted by Crippen LogP contribution is -2.56. The van der Waals surface area contributed by atoms with Gasteiger partial charge in [-0.2, -0.15) is 0 Å². The van der Waals surface area contributed by atoms with Gasteiger partial charge in [0.25, 0.3) is 0 Å². The van der Waals surface area contributed by atoms with Crippen molar-refractivity contribution in [2.24, 2.45) is 0 Å². The van der Waals surface area contributed by atoms with Crippen LogP contribution in [-0.4, -0.2) is 47.4 Å². The first kappa shape index (κ1) is 9.81. The minimum Gasteiger partial charge on any atom is -0.321 e. The van der Waals surface area contributed by atoms with Crippen molar-refractivity contribution in [2.75, 3.05) is 20.1 Å². The van der Waals surface area contributed by atoms with Gasteiger partial charge in [0, 0.05) is 25.2 Å². The van der Waals surface area contributed by atoms with E-state index in [1.807, 2.05) is 13.8 Å². The molecule has 1 heterocycles. The molecule has 0 saturated carbocycles. The standard InChI is InChI=1S/C8H15ClN2O/c1-6-4-10(3)5-7(2)11(6)8(9)12/h6-7H,4-5H2,1-3H3. The molecule has 1 fully saturated rings. The summed E-state index contributed by atoms with van der Waals surface area (Å²) in [5, 5.41) is -0.330. The molecule has 12 heavy (non-hydrogen) atoms. The minimum absolute atomic E-state index is 0.226. The van der Waals surface area contributed by atoms with Gasteiger partial charge in [-0.3, -0.25) is 4.79 Å². The second-order valence-corrected chi connectivity index (χ2v) is 3.90. The lowest BCUT2D eigenvalue weighted by atomic mass is 10.1. The molecular weight excluding hydrogens is 176 g/mol. The van der Waals surface area contributed by atoms with Crippen LogP contribution in [0.4, 0.5) is 4.79 Å². The molecule has 0 aromatic heterocycles. The van der Waals surface area contributed by atoms with Crippen LogP contribution in [-0.2, 0) is 0 Å². The minimum atomic E-state index is -0.330. The summed E-state index contributed by atoms with van der Waals surface area (Å²) in [5.74, 6) is 0. The first-order valence-corrected chi connectivity index (χ1v) is 4.56. The molecule has 1 aliphatic rings. The van der Waals surface area contributed by atoms with E-state index in [0.29, 0.717) is 0 Å². The van der Waals surface area contributed by atoms with E-state index in [1.165, 1.54) is 0 Å². The zero-order valence-electron chi connectivity index (χ0n) is 7.75. The quantitative estimate of drug-likeness (QED) is 0.426. The number of likely N-dealkylation sites (N-methyl/N-ethyl adjacent to an activating group) is 1. The molecule has 0 bridgehead atoms. The monoisotopic (exact) mass is 190 g/mol. The fourth-order valence-electron chi connectivity index (χ4n) is 1.93. The lowest BCUT2D eigenvalue weighted by Gasteiger charge is -2.41. The van der Waals surface area contributed by atoms with E-state index in [4.69, 9.17) is 11.6 Å². The number of piperazine rings is 1. The number of carbonyl (C=O) groups excluding carboxylic acids is 1. The number of carbonyl (C=O) groups is 1. The first-order chi connectivity index (χ1) is 5.52. The fourth-order valence-corrected chi connectivity index (χ4v) is 2.27. The SMILES string of the molecule is CC1CN(C)CC(C)N1C(=O)Cl. The molecule has 0 aromatic rings. The van der Waals surface area contributed by atoms with E-state index in [9.17, 15) is 4.79 Å². The molecule has 0 aromatic carbocycles. The Bertz CT molecular complexity index is 174. The van der Waals surface area contributed by atoms with Crippen LogP contribution in [0, 0.1) is 0 Å². The second kappa shape index (κ2) is 3.62. The van der Waals surface area contributed by atoms with E-state index in [2.05, 4.69) is 11.9 Å². The molecule has 70 valence electrons. The molecule has 3 nitrogen and oxygen atoms in total. The molecule has 2 unspecified atom stereocenters. The maximum absolute atomic E-state index is 11.0. The smallest absolute Gasteiger partial charge is 0.316 e. The highest BCUT2D eigenvalue weighted by molar-refractivity contribution is 6.62. The third-order valence-corrected chi connectivity index (χ3v) is 2.50. The summed E-state index contributed by atoms with van der Waals surface area (Å²) in [4.78, 5) is 15.0. The third-order valence-electron chi connectivity index (χ3n) is 2.30. The summed E-state index contributed by atoms with van der Waals surface area (Å²) in [6.45, 7) is 5.85. The number of hydrogen-bond acceptors (Lipinski definition) is 2. The van der Waals surface area contributed by atoms with Gasteiger partial charge in [-0.15, -0.1) is 0 Å². The van der Waals surface area contributed by atoms with Crippen LogP contribution >= 0.6 is 11.6 Å². The van der Waals surface area contributed by atoms with Crippen molar-refractivity contribution < 1.29 is 4.79 Å². The molecule has 0 spiro atoms. The molecule has 1 amide bonds. The Morgan fingerprint density at radius 2 is 1.75 bits per heavy atom. The van der Waals surface area contributed by atoms with Gasteiger partial charge in [0.15, 0.2) is 0 Å². The maximum atomic E-state index is 11.0. The molecule has 2 atom stereocenters. The van der Waals surface area contributed by atoms with Crippen LogP contribution in [0.1, 0.15) is 13.8 Å². The average molecular weight is 191 g/mol. The predicted molar refractivity (Wildman–Crippen MR) is 49.5 cm³/mol. The zero-order chi connectivity index (χ0) is 9.30. The first-order valence-electron chi connectivity index (χ1n) is 4.18. The van der Waals surface area contributed by atoms with Gasteiger partial charge < -0.3 is 9.80 Å². The zero-order valence-corrected chi connectivity index (χ0v) is 8.51. The van der Waals surface area contributed by atoms with Crippen LogP contribution in [0.3, 0.4) is 0 Å². The highest BCUT2D eigenvalue weighted by Crippen LogP contribution is 2.16. The largest absolute Gasteiger partial charge is 0.321 e. The fraction of sp³-hybridized carbons (Fsp3) is 0.875. The second-order valence-electron chi connectivity index (χ2n) is 3.58. The van der Waals surface area contributed by atoms with Crippen molar-refractivity contribution in [1.29, 1.82) is 0 Å². The van der Waals surface area contributed by atoms with Crippen molar-refractivity contribution >= 4 is 17.0 Å². The summed E-state index contributed by atoms with van der Waals surface area (Å²) in [6.07, 6.45) is 0. The van der Waals surface area contributed by atoms with Gasteiger partial charge in [0.2, 0.25) is 0 Å². The molecule has 1 saturated heterocycles. The molecule has 1 rings (SSSR count). The number of nitrogens with zero attached hydrogens (tertiary/aromatic N) is 2. The van der Waals surface area contributed by atoms with Crippen LogP contribution in [0.5, 0.6) is 0 Å². The lowest BCUT2D eigenvalue weighted by molar-refractivity contribution is 0.0898. The van der Waals surface area contributed by atoms with Gasteiger partial charge in [0.05, 0.1) is 0 Å². The topological polar surface area (TPSA) is 23.6 Å². The summed E-state index contributed by atoms with van der Waals surface area (Å²) >= 11 is 5.46. The molecule has 4 heteroatoms. The normalized spacial score (nSPS) is 32.2. The Morgan fingerprint density at radius 3 is 2.08 bits per heavy atom. The summed E-state index contributed by atoms with van der Waals surface area (Å²) in [6, 6.07) is 0.451. The highest BCUT2D eigenvalue weighted by Gasteiger charge is 2.30. The Kier molecular flexibility index (Phi) is 2.96. The van der Waals surface area contributed by atoms with E-state index in [-0.39, 0.29) is 17.5 Å². The van der Waals surface area contributed by atoms with Crippen molar-refractivity contribution in [3.05, 3.63) is 0 Å². The number of rotatable bonds is 0. The highest BCUT2D eigenvalue weighted by atomic mass is 35.5. The van der Waals surface area contributed by atoms with Crippen molar-refractivity contribution in [1.82, 2.24) is 9.80 Å². The maximum Gasteiger partial charge on any atom is 0.316 e. The van der Waals surface area contributed by atoms with Crippen LogP contribution in [0.2, 0.25) is 0 Å². The van der Waals surface area contributed by atoms with E-state index in [0.717, 1.165) is 13.1 Å². The van der Waals surface area contributed by atoms with Crippen LogP contribution in [0.25, 0.3) is 0 Å². The average Bonchev–Trinajstić information content (AvgIpc) is 1.82. The summed E-state index contributed by atoms with van der Waals surface area (Å²) in [5.41, 5.74) is 0. The number of halogens is 1. The van der Waals surface area contributed by atoms with Crippen LogP contribution < -0.4 is 0 Å². The van der Waals surface area contributed by atoms with Crippen molar-refractivity contribution in [3.63, 3.8) is 0 Å². The van der Waals surface area contributed by atoms with E-state index < -0.39 is 0 Å². The molecule has 0 N–H and O–H groups in total. The predicted octanol–water partition coefficient (Wildman–Crippen LogP) is 1.37. The van der Waals surface area contributed by atoms with Gasteiger partial charge in [0.1, 0.15) is 0 Å². The Hall–Kier alpha value is -0.280. The third kappa shape index (κ3) is 1.90. The molecule has 0 aliphatic carbocycles. The Morgan fingerprint density at radius 1 is 1.33 bits per heavy atom. The van der Waals surface area contributed by atoms with E-state index >= 15 is 0 Å². The summed E-state index contributed by atoms with van der Waals surface area (Å²) < 4.78 is 0. The Balaban J connectivity index is 2.66. The molecule has 0 radical (unpaired) electrons. The molecule has 1 aliphatic heterocycles. The molecular formula is C8H15ClN2O. The van der Waals surface area contributed by atoms with Gasteiger partial charge in [-0.25, -0.2) is 0 Å².